The number of anilines is 1. The number of rotatable bonds is 11. The fourth-order valence-electron chi connectivity index (χ4n) is 4.37. The van der Waals surface area contributed by atoms with Gasteiger partial charge < -0.3 is 10.1 Å². The van der Waals surface area contributed by atoms with E-state index in [9.17, 15) is 14.0 Å². The van der Waals surface area contributed by atoms with Gasteiger partial charge in [-0.05, 0) is 62.6 Å². The lowest BCUT2D eigenvalue weighted by Gasteiger charge is -2.20. The summed E-state index contributed by atoms with van der Waals surface area (Å²) < 4.78 is 20.3. The molecule has 2 aliphatic carbocycles. The molecule has 0 spiro atoms. The number of carbonyl (C=O) groups is 2. The van der Waals surface area contributed by atoms with Crippen LogP contribution >= 0.6 is 0 Å². The monoisotopic (exact) mass is 523 g/mol. The molecule has 0 bridgehead atoms. The normalized spacial score (nSPS) is 20.9. The van der Waals surface area contributed by atoms with E-state index in [0.29, 0.717) is 24.9 Å². The molecule has 3 rings (SSSR count). The van der Waals surface area contributed by atoms with Gasteiger partial charge in [0, 0.05) is 31.4 Å². The number of amides is 1. The predicted octanol–water partition coefficient (Wildman–Crippen LogP) is 7.74. The molecule has 1 amide bonds. The van der Waals surface area contributed by atoms with Crippen molar-refractivity contribution in [2.75, 3.05) is 11.9 Å². The molecule has 2 aliphatic rings. The van der Waals surface area contributed by atoms with Crippen LogP contribution in [0.1, 0.15) is 116 Å². The Morgan fingerprint density at radius 2 is 1.71 bits per heavy atom. The summed E-state index contributed by atoms with van der Waals surface area (Å²) in [5.74, 6) is 11.1. The highest BCUT2D eigenvalue weighted by atomic mass is 19.1. The first-order chi connectivity index (χ1) is 18.5. The van der Waals surface area contributed by atoms with Crippen LogP contribution < -0.4 is 5.32 Å². The Hall–Kier alpha value is -2.63. The van der Waals surface area contributed by atoms with Crippen LogP contribution in [0, 0.1) is 23.7 Å². The summed E-state index contributed by atoms with van der Waals surface area (Å²) in [7, 11) is 0. The van der Waals surface area contributed by atoms with Crippen LogP contribution in [0.4, 0.5) is 10.1 Å². The quantitative estimate of drug-likeness (QED) is 0.238. The lowest BCUT2D eigenvalue weighted by atomic mass is 9.94. The van der Waals surface area contributed by atoms with Crippen molar-refractivity contribution in [1.82, 2.24) is 0 Å². The van der Waals surface area contributed by atoms with Crippen molar-refractivity contribution in [3.63, 3.8) is 0 Å². The van der Waals surface area contributed by atoms with Gasteiger partial charge in [-0.25, -0.2) is 4.39 Å². The SMILES string of the molecule is CCCCCCC(=O)COC1C#CCCCCC1.CCc1ccc(NC(=O)C2(F)C#CCCCCC2)cc1. The number of nitrogens with one attached hydrogen (secondary N) is 1. The van der Waals surface area contributed by atoms with Gasteiger partial charge in [0.1, 0.15) is 12.7 Å². The maximum atomic E-state index is 14.7. The molecule has 0 saturated heterocycles. The van der Waals surface area contributed by atoms with E-state index in [1.165, 1.54) is 37.7 Å². The van der Waals surface area contributed by atoms with Gasteiger partial charge in [-0.2, -0.15) is 0 Å². The number of carbonyl (C=O) groups excluding carboxylic acids is 2. The van der Waals surface area contributed by atoms with Gasteiger partial charge in [0.2, 0.25) is 5.67 Å². The van der Waals surface area contributed by atoms with Crippen molar-refractivity contribution in [2.24, 2.45) is 0 Å². The van der Waals surface area contributed by atoms with Crippen LogP contribution in [-0.4, -0.2) is 30.1 Å². The fraction of sp³-hybridized carbons (Fsp3) is 0.636. The summed E-state index contributed by atoms with van der Waals surface area (Å²) in [6.07, 6.45) is 15.2. The molecule has 0 aliphatic heterocycles. The third-order valence-corrected chi connectivity index (χ3v) is 6.88. The van der Waals surface area contributed by atoms with Crippen molar-refractivity contribution >= 4 is 17.4 Å². The first-order valence-electron chi connectivity index (χ1n) is 14.7. The third-order valence-electron chi connectivity index (χ3n) is 6.88. The van der Waals surface area contributed by atoms with Gasteiger partial charge in [0.25, 0.3) is 5.91 Å². The van der Waals surface area contributed by atoms with Crippen LogP contribution in [0.25, 0.3) is 0 Å². The van der Waals surface area contributed by atoms with Crippen LogP contribution in [-0.2, 0) is 20.7 Å². The molecule has 1 N–H and O–H groups in total. The minimum Gasteiger partial charge on any atom is -0.358 e. The standard InChI is InChI=1S/C17H20FNO.C16H26O2/c1-2-14-8-10-15(11-9-14)19-16(20)17(18)12-6-4-3-5-7-13-17;1-2-3-4-8-11-15(17)14-18-16-12-9-6-5-7-10-13-16/h8-11H,2-6,12H2,1H3,(H,19,20);16H,2-9,11-12,14H2,1H3. The molecular weight excluding hydrogens is 477 g/mol. The van der Waals surface area contributed by atoms with Gasteiger partial charge in [-0.3, -0.25) is 9.59 Å². The number of benzene rings is 1. The van der Waals surface area contributed by atoms with E-state index in [2.05, 4.69) is 42.8 Å². The van der Waals surface area contributed by atoms with Crippen molar-refractivity contribution in [3.8, 4) is 23.7 Å². The van der Waals surface area contributed by atoms with Crippen LogP contribution in [0.15, 0.2) is 24.3 Å². The molecule has 0 radical (unpaired) electrons. The maximum Gasteiger partial charge on any atom is 0.274 e. The van der Waals surface area contributed by atoms with Crippen LogP contribution in [0.2, 0.25) is 0 Å². The molecular formula is C33H46FNO3. The van der Waals surface area contributed by atoms with Crippen molar-refractivity contribution < 1.29 is 18.7 Å². The van der Waals surface area contributed by atoms with Crippen molar-refractivity contribution in [2.45, 2.75) is 128 Å². The van der Waals surface area contributed by atoms with E-state index < -0.39 is 11.6 Å². The second kappa shape index (κ2) is 18.6. The molecule has 0 aromatic heterocycles. The minimum absolute atomic E-state index is 0.00936. The summed E-state index contributed by atoms with van der Waals surface area (Å²) in [5.41, 5.74) is -0.249. The second-order valence-electron chi connectivity index (χ2n) is 10.2. The Kier molecular flexibility index (Phi) is 15.5. The number of alkyl halides is 1. The topological polar surface area (TPSA) is 55.4 Å². The average molecular weight is 524 g/mol. The summed E-state index contributed by atoms with van der Waals surface area (Å²) in [6.45, 7) is 4.50. The molecule has 4 nitrogen and oxygen atoms in total. The summed E-state index contributed by atoms with van der Waals surface area (Å²) >= 11 is 0. The predicted molar refractivity (Wildman–Crippen MR) is 154 cm³/mol. The molecule has 1 aromatic carbocycles. The van der Waals surface area contributed by atoms with E-state index >= 15 is 0 Å². The summed E-state index contributed by atoms with van der Waals surface area (Å²) in [4.78, 5) is 23.7. The smallest absolute Gasteiger partial charge is 0.274 e. The summed E-state index contributed by atoms with van der Waals surface area (Å²) in [6, 6.07) is 7.47. The fourth-order valence-corrected chi connectivity index (χ4v) is 4.37. The van der Waals surface area contributed by atoms with E-state index in [1.54, 1.807) is 12.1 Å². The van der Waals surface area contributed by atoms with Crippen molar-refractivity contribution in [1.29, 1.82) is 0 Å². The number of unbranched alkanes of at least 4 members (excludes halogenated alkanes) is 3. The van der Waals surface area contributed by atoms with Gasteiger partial charge in [0.15, 0.2) is 5.78 Å². The first-order valence-corrected chi connectivity index (χ1v) is 14.7. The Labute approximate surface area is 229 Å². The van der Waals surface area contributed by atoms with E-state index in [0.717, 1.165) is 44.9 Å². The molecule has 0 saturated carbocycles. The highest BCUT2D eigenvalue weighted by Gasteiger charge is 2.36. The van der Waals surface area contributed by atoms with E-state index in [-0.39, 0.29) is 24.9 Å². The van der Waals surface area contributed by atoms with Crippen LogP contribution in [0.3, 0.4) is 0 Å². The molecule has 0 fully saturated rings. The third kappa shape index (κ3) is 12.7. The number of aryl methyl sites for hydroxylation is 1. The average Bonchev–Trinajstić information content (AvgIpc) is 2.89. The Morgan fingerprint density at radius 3 is 2.45 bits per heavy atom. The van der Waals surface area contributed by atoms with Crippen molar-refractivity contribution in [3.05, 3.63) is 29.8 Å². The van der Waals surface area contributed by atoms with Gasteiger partial charge in [-0.15, -0.1) is 5.92 Å². The maximum absolute atomic E-state index is 14.7. The number of Topliss-reactive ketones (excluding diaryl/α,β-unsaturated/α-hetero) is 1. The van der Waals surface area contributed by atoms with Gasteiger partial charge in [-0.1, -0.05) is 75.8 Å². The molecule has 5 heteroatoms. The molecule has 208 valence electrons. The number of halogens is 1. The number of hydrogen-bond donors (Lipinski definition) is 1. The second-order valence-corrected chi connectivity index (χ2v) is 10.2. The highest BCUT2D eigenvalue weighted by molar-refractivity contribution is 5.99. The Morgan fingerprint density at radius 1 is 0.974 bits per heavy atom. The van der Waals surface area contributed by atoms with Crippen LogP contribution in [0.5, 0.6) is 0 Å². The summed E-state index contributed by atoms with van der Waals surface area (Å²) in [5, 5.41) is 2.64. The number of ether oxygens (including phenoxy) is 1. The molecule has 38 heavy (non-hydrogen) atoms. The van der Waals surface area contributed by atoms with Gasteiger partial charge >= 0.3 is 0 Å². The minimum atomic E-state index is -2.05. The van der Waals surface area contributed by atoms with Gasteiger partial charge in [0.05, 0.1) is 0 Å². The lowest BCUT2D eigenvalue weighted by Crippen LogP contribution is -2.37. The number of ketones is 1. The lowest BCUT2D eigenvalue weighted by molar-refractivity contribution is -0.125. The molecule has 2 atom stereocenters. The largest absolute Gasteiger partial charge is 0.358 e. The molecule has 2 unspecified atom stereocenters. The Bertz CT molecular complexity index is 966. The number of hydrogen-bond acceptors (Lipinski definition) is 3. The highest BCUT2D eigenvalue weighted by Crippen LogP contribution is 2.24. The zero-order valence-electron chi connectivity index (χ0n) is 23.5. The zero-order valence-corrected chi connectivity index (χ0v) is 23.5. The Balaban J connectivity index is 0.000000269. The van der Waals surface area contributed by atoms with E-state index in [1.807, 2.05) is 12.1 Å². The molecule has 1 aromatic rings. The van der Waals surface area contributed by atoms with E-state index in [4.69, 9.17) is 4.74 Å². The zero-order chi connectivity index (χ0) is 27.5. The molecule has 0 heterocycles. The first kappa shape index (κ1) is 31.6.